The molecule has 110 valence electrons. The fraction of sp³-hybridized carbons (Fsp3) is 0. The summed E-state index contributed by atoms with van der Waals surface area (Å²) in [7, 11) is 0.727. The molecule has 0 aliphatic heterocycles. The monoisotopic (exact) mass is 332 g/mol. The van der Waals surface area contributed by atoms with Crippen LogP contribution >= 0.6 is 10.7 Å². The molecule has 0 radical (unpaired) electrons. The third-order valence-electron chi connectivity index (χ3n) is 2.48. The first-order valence-corrected chi connectivity index (χ1v) is 7.75. The van der Waals surface area contributed by atoms with Crippen molar-refractivity contribution in [3.63, 3.8) is 0 Å². The Labute approximate surface area is 123 Å². The maximum Gasteiger partial charge on any atom is 0.261 e. The number of rotatable bonds is 3. The summed E-state index contributed by atoms with van der Waals surface area (Å²) in [6, 6.07) is 3.74. The zero-order valence-corrected chi connectivity index (χ0v) is 11.8. The second-order valence-electron chi connectivity index (χ2n) is 3.89. The van der Waals surface area contributed by atoms with E-state index >= 15 is 0 Å². The zero-order valence-electron chi connectivity index (χ0n) is 10.2. The van der Waals surface area contributed by atoms with Crippen LogP contribution in [0.3, 0.4) is 0 Å². The van der Waals surface area contributed by atoms with Crippen molar-refractivity contribution in [2.45, 2.75) is 4.90 Å². The Morgan fingerprint density at radius 1 is 1.14 bits per heavy atom. The average molecular weight is 333 g/mol. The van der Waals surface area contributed by atoms with Gasteiger partial charge in [-0.1, -0.05) is 0 Å². The molecular formula is C12H7ClF2N2O3S. The summed E-state index contributed by atoms with van der Waals surface area (Å²) in [5.74, 6) is -3.27. The Hall–Kier alpha value is -2.06. The molecule has 0 atom stereocenters. The van der Waals surface area contributed by atoms with Gasteiger partial charge in [-0.25, -0.2) is 17.2 Å². The molecule has 2 rings (SSSR count). The van der Waals surface area contributed by atoms with E-state index in [4.69, 9.17) is 10.7 Å². The second-order valence-corrected chi connectivity index (χ2v) is 6.46. The van der Waals surface area contributed by atoms with Gasteiger partial charge in [0.1, 0.15) is 5.69 Å². The highest BCUT2D eigenvalue weighted by Gasteiger charge is 2.19. The number of hydrogen-bond acceptors (Lipinski definition) is 4. The lowest BCUT2D eigenvalue weighted by atomic mass is 10.2. The summed E-state index contributed by atoms with van der Waals surface area (Å²) in [5, 5.41) is 2.02. The molecule has 0 aliphatic carbocycles. The van der Waals surface area contributed by atoms with Crippen LogP contribution in [0.15, 0.2) is 41.6 Å². The van der Waals surface area contributed by atoms with Gasteiger partial charge < -0.3 is 5.32 Å². The van der Waals surface area contributed by atoms with Crippen molar-refractivity contribution in [1.82, 2.24) is 4.98 Å². The van der Waals surface area contributed by atoms with Crippen LogP contribution in [0.2, 0.25) is 0 Å². The number of pyridine rings is 1. The molecule has 1 amide bonds. The topological polar surface area (TPSA) is 76.1 Å². The molecule has 2 aromatic rings. The van der Waals surface area contributed by atoms with Crippen molar-refractivity contribution in [3.8, 4) is 0 Å². The minimum Gasteiger partial charge on any atom is -0.317 e. The molecule has 0 saturated heterocycles. The van der Waals surface area contributed by atoms with Crippen LogP contribution in [0.5, 0.6) is 0 Å². The quantitative estimate of drug-likeness (QED) is 0.876. The lowest BCUT2D eigenvalue weighted by Gasteiger charge is -2.08. The van der Waals surface area contributed by atoms with Gasteiger partial charge in [0, 0.05) is 28.6 Å². The van der Waals surface area contributed by atoms with Crippen molar-refractivity contribution in [3.05, 3.63) is 53.9 Å². The summed E-state index contributed by atoms with van der Waals surface area (Å²) in [6.07, 6.45) is 2.68. The Morgan fingerprint density at radius 2 is 1.67 bits per heavy atom. The highest BCUT2D eigenvalue weighted by molar-refractivity contribution is 8.13. The largest absolute Gasteiger partial charge is 0.317 e. The molecule has 0 saturated carbocycles. The number of nitrogens with zero attached hydrogens (tertiary/aromatic N) is 1. The standard InChI is InChI=1S/C12H7ClF2N2O3S/c13-21(19,20)8-5-9(14)11(10(15)6-8)17-12(18)7-1-3-16-4-2-7/h1-6H,(H,17,18). The third-order valence-corrected chi connectivity index (χ3v) is 3.81. The van der Waals surface area contributed by atoms with Crippen LogP contribution in [0.4, 0.5) is 14.5 Å². The van der Waals surface area contributed by atoms with Crippen LogP contribution in [0.1, 0.15) is 10.4 Å². The summed E-state index contributed by atoms with van der Waals surface area (Å²) in [4.78, 5) is 14.7. The second kappa shape index (κ2) is 5.74. The number of hydrogen-bond donors (Lipinski definition) is 1. The van der Waals surface area contributed by atoms with E-state index in [2.05, 4.69) is 4.98 Å². The first kappa shape index (κ1) is 15.3. The van der Waals surface area contributed by atoms with E-state index in [1.165, 1.54) is 24.5 Å². The SMILES string of the molecule is O=C(Nc1c(F)cc(S(=O)(=O)Cl)cc1F)c1ccncc1. The van der Waals surface area contributed by atoms with Gasteiger partial charge in [0.15, 0.2) is 11.6 Å². The van der Waals surface area contributed by atoms with Gasteiger partial charge in [-0.05, 0) is 24.3 Å². The van der Waals surface area contributed by atoms with Gasteiger partial charge in [0.25, 0.3) is 15.0 Å². The number of benzene rings is 1. The Balaban J connectivity index is 2.36. The molecule has 21 heavy (non-hydrogen) atoms. The molecule has 1 aromatic carbocycles. The predicted molar refractivity (Wildman–Crippen MR) is 71.6 cm³/mol. The lowest BCUT2D eigenvalue weighted by Crippen LogP contribution is -2.14. The maximum absolute atomic E-state index is 13.7. The molecule has 0 bridgehead atoms. The molecule has 9 heteroatoms. The van der Waals surface area contributed by atoms with E-state index in [1.54, 1.807) is 0 Å². The van der Waals surface area contributed by atoms with Gasteiger partial charge in [0.05, 0.1) is 4.90 Å². The van der Waals surface area contributed by atoms with Crippen molar-refractivity contribution in [2.24, 2.45) is 0 Å². The normalized spacial score (nSPS) is 11.2. The molecule has 5 nitrogen and oxygen atoms in total. The van der Waals surface area contributed by atoms with Crippen LogP contribution in [0.25, 0.3) is 0 Å². The number of carbonyl (C=O) groups excluding carboxylic acids is 1. The number of halogens is 3. The van der Waals surface area contributed by atoms with E-state index in [-0.39, 0.29) is 5.56 Å². The smallest absolute Gasteiger partial charge is 0.261 e. The van der Waals surface area contributed by atoms with Gasteiger partial charge in [-0.3, -0.25) is 9.78 Å². The number of aromatic nitrogens is 1. The minimum absolute atomic E-state index is 0.137. The molecule has 1 aromatic heterocycles. The molecule has 1 heterocycles. The highest BCUT2D eigenvalue weighted by atomic mass is 35.7. The fourth-order valence-corrected chi connectivity index (χ4v) is 2.25. The van der Waals surface area contributed by atoms with Crippen molar-refractivity contribution in [2.75, 3.05) is 5.32 Å². The van der Waals surface area contributed by atoms with Crippen LogP contribution in [-0.2, 0) is 9.05 Å². The fourth-order valence-electron chi connectivity index (χ4n) is 1.50. The molecule has 1 N–H and O–H groups in total. The number of amides is 1. The van der Waals surface area contributed by atoms with Crippen LogP contribution in [0, 0.1) is 11.6 Å². The maximum atomic E-state index is 13.7. The van der Waals surface area contributed by atoms with E-state index in [0.717, 1.165) is 0 Å². The van der Waals surface area contributed by atoms with Crippen LogP contribution < -0.4 is 5.32 Å². The van der Waals surface area contributed by atoms with Gasteiger partial charge >= 0.3 is 0 Å². The van der Waals surface area contributed by atoms with Gasteiger partial charge in [-0.15, -0.1) is 0 Å². The van der Waals surface area contributed by atoms with E-state index in [1.807, 2.05) is 5.32 Å². The first-order valence-electron chi connectivity index (χ1n) is 5.44. The summed E-state index contributed by atoms with van der Waals surface area (Å²) < 4.78 is 49.5. The first-order chi connectivity index (χ1) is 9.79. The molecular weight excluding hydrogens is 326 g/mol. The van der Waals surface area contributed by atoms with Gasteiger partial charge in [-0.2, -0.15) is 0 Å². The van der Waals surface area contributed by atoms with Crippen molar-refractivity contribution >= 4 is 31.3 Å². The summed E-state index contributed by atoms with van der Waals surface area (Å²) >= 11 is 0. The third kappa shape index (κ3) is 3.53. The number of nitrogens with one attached hydrogen (secondary N) is 1. The molecule has 0 unspecified atom stereocenters. The Morgan fingerprint density at radius 3 is 2.14 bits per heavy atom. The molecule has 0 spiro atoms. The predicted octanol–water partition coefficient (Wildman–Crippen LogP) is 2.54. The lowest BCUT2D eigenvalue weighted by molar-refractivity contribution is 0.102. The average Bonchev–Trinajstić information content (AvgIpc) is 2.42. The van der Waals surface area contributed by atoms with E-state index in [9.17, 15) is 22.0 Å². The van der Waals surface area contributed by atoms with Gasteiger partial charge in [0.2, 0.25) is 0 Å². The van der Waals surface area contributed by atoms with Crippen LogP contribution in [-0.4, -0.2) is 19.3 Å². The zero-order chi connectivity index (χ0) is 15.6. The number of carbonyl (C=O) groups is 1. The summed E-state index contributed by atoms with van der Waals surface area (Å²) in [6.45, 7) is 0. The summed E-state index contributed by atoms with van der Waals surface area (Å²) in [5.41, 5.74) is -0.626. The highest BCUT2D eigenvalue weighted by Crippen LogP contribution is 2.25. The van der Waals surface area contributed by atoms with E-state index < -0.39 is 37.2 Å². The van der Waals surface area contributed by atoms with E-state index in [0.29, 0.717) is 12.1 Å². The van der Waals surface area contributed by atoms with Crippen molar-refractivity contribution in [1.29, 1.82) is 0 Å². The minimum atomic E-state index is -4.27. The Bertz CT molecular complexity index is 774. The molecule has 0 aliphatic rings. The molecule has 0 fully saturated rings. The number of anilines is 1. The Kier molecular flexibility index (Phi) is 4.19. The van der Waals surface area contributed by atoms with Crippen molar-refractivity contribution < 1.29 is 22.0 Å².